The van der Waals surface area contributed by atoms with Crippen LogP contribution >= 0.6 is 0 Å². The van der Waals surface area contributed by atoms with E-state index in [0.29, 0.717) is 29.8 Å². The SMILES string of the molecule is C#CCOC[C@H](O)CN[C@@H](c1nc(-c2ccc3c(c2)OCO3)no1)[C@@H](C)CC. The molecule has 3 atom stereocenters. The Labute approximate surface area is 164 Å². The number of nitrogens with one attached hydrogen (secondary N) is 1. The summed E-state index contributed by atoms with van der Waals surface area (Å²) in [5, 5.41) is 17.5. The lowest BCUT2D eigenvalue weighted by Gasteiger charge is -2.22. The molecule has 0 saturated carbocycles. The zero-order chi connectivity index (χ0) is 19.9. The highest BCUT2D eigenvalue weighted by molar-refractivity contribution is 5.61. The number of terminal acetylenes is 1. The quantitative estimate of drug-likeness (QED) is 0.473. The number of aliphatic hydroxyl groups is 1. The van der Waals surface area contributed by atoms with E-state index < -0.39 is 6.10 Å². The predicted octanol–water partition coefficient (Wildman–Crippen LogP) is 2.15. The summed E-state index contributed by atoms with van der Waals surface area (Å²) in [5.41, 5.74) is 0.782. The molecule has 0 saturated heterocycles. The molecule has 8 heteroatoms. The summed E-state index contributed by atoms with van der Waals surface area (Å²) in [5.74, 6) is 4.91. The second kappa shape index (κ2) is 9.55. The minimum Gasteiger partial charge on any atom is -0.454 e. The van der Waals surface area contributed by atoms with Crippen molar-refractivity contribution in [2.24, 2.45) is 5.92 Å². The molecular formula is C20H25N3O5. The summed E-state index contributed by atoms with van der Waals surface area (Å²) >= 11 is 0. The van der Waals surface area contributed by atoms with Gasteiger partial charge in [-0.1, -0.05) is 31.3 Å². The minimum absolute atomic E-state index is 0.163. The second-order valence-corrected chi connectivity index (χ2v) is 6.67. The fourth-order valence-electron chi connectivity index (χ4n) is 2.86. The van der Waals surface area contributed by atoms with Crippen LogP contribution in [-0.4, -0.2) is 47.9 Å². The van der Waals surface area contributed by atoms with Crippen molar-refractivity contribution in [1.29, 1.82) is 0 Å². The van der Waals surface area contributed by atoms with Crippen LogP contribution in [-0.2, 0) is 4.74 Å². The van der Waals surface area contributed by atoms with Gasteiger partial charge in [-0.3, -0.25) is 0 Å². The van der Waals surface area contributed by atoms with E-state index >= 15 is 0 Å². The average Bonchev–Trinajstić information content (AvgIpc) is 3.37. The van der Waals surface area contributed by atoms with E-state index in [0.717, 1.165) is 12.0 Å². The van der Waals surface area contributed by atoms with Gasteiger partial charge in [-0.25, -0.2) is 0 Å². The Balaban J connectivity index is 1.69. The Hall–Kier alpha value is -2.60. The van der Waals surface area contributed by atoms with Crippen LogP contribution < -0.4 is 14.8 Å². The van der Waals surface area contributed by atoms with E-state index in [1.54, 1.807) is 0 Å². The van der Waals surface area contributed by atoms with Crippen molar-refractivity contribution in [3.63, 3.8) is 0 Å². The summed E-state index contributed by atoms with van der Waals surface area (Å²) in [6.07, 6.45) is 5.36. The fourth-order valence-corrected chi connectivity index (χ4v) is 2.86. The number of rotatable bonds is 10. The third-order valence-electron chi connectivity index (χ3n) is 4.62. The van der Waals surface area contributed by atoms with Gasteiger partial charge in [0.1, 0.15) is 6.61 Å². The van der Waals surface area contributed by atoms with E-state index in [1.165, 1.54) is 0 Å². The first-order valence-electron chi connectivity index (χ1n) is 9.28. The van der Waals surface area contributed by atoms with Crippen molar-refractivity contribution >= 4 is 0 Å². The third kappa shape index (κ3) is 4.81. The number of aromatic nitrogens is 2. The van der Waals surface area contributed by atoms with E-state index in [9.17, 15) is 5.11 Å². The Bertz CT molecular complexity index is 816. The Morgan fingerprint density at radius 1 is 1.36 bits per heavy atom. The van der Waals surface area contributed by atoms with E-state index in [-0.39, 0.29) is 32.0 Å². The first-order valence-corrected chi connectivity index (χ1v) is 9.28. The predicted molar refractivity (Wildman–Crippen MR) is 102 cm³/mol. The van der Waals surface area contributed by atoms with Crippen molar-refractivity contribution < 1.29 is 23.8 Å². The van der Waals surface area contributed by atoms with Gasteiger partial charge in [0.25, 0.3) is 0 Å². The minimum atomic E-state index is -0.684. The molecule has 0 aliphatic carbocycles. The van der Waals surface area contributed by atoms with Gasteiger partial charge in [0, 0.05) is 12.1 Å². The Kier molecular flexibility index (Phi) is 6.87. The van der Waals surface area contributed by atoms with E-state index in [2.05, 4.69) is 35.2 Å². The number of nitrogens with zero attached hydrogens (tertiary/aromatic N) is 2. The molecule has 8 nitrogen and oxygen atoms in total. The van der Waals surface area contributed by atoms with Crippen molar-refractivity contribution in [3.05, 3.63) is 24.1 Å². The molecule has 0 unspecified atom stereocenters. The third-order valence-corrected chi connectivity index (χ3v) is 4.62. The average molecular weight is 387 g/mol. The molecule has 1 aliphatic rings. The largest absolute Gasteiger partial charge is 0.454 e. The van der Waals surface area contributed by atoms with Gasteiger partial charge in [-0.2, -0.15) is 4.98 Å². The molecule has 150 valence electrons. The molecule has 1 aromatic heterocycles. The molecular weight excluding hydrogens is 362 g/mol. The molecule has 2 aromatic rings. The van der Waals surface area contributed by atoms with Gasteiger partial charge in [0.05, 0.1) is 18.8 Å². The molecule has 0 radical (unpaired) electrons. The van der Waals surface area contributed by atoms with Crippen molar-refractivity contribution in [2.75, 3.05) is 26.6 Å². The molecule has 2 N–H and O–H groups in total. The summed E-state index contributed by atoms with van der Waals surface area (Å²) < 4.78 is 21.4. The Morgan fingerprint density at radius 3 is 2.96 bits per heavy atom. The maximum absolute atomic E-state index is 10.1. The molecule has 0 bridgehead atoms. The van der Waals surface area contributed by atoms with Crippen LogP contribution in [0.1, 0.15) is 32.2 Å². The number of hydrogen-bond acceptors (Lipinski definition) is 8. The first kappa shape index (κ1) is 20.1. The number of hydrogen-bond donors (Lipinski definition) is 2. The van der Waals surface area contributed by atoms with Crippen LogP contribution in [0.3, 0.4) is 0 Å². The standard InChI is InChI=1S/C20H25N3O5/c1-4-8-25-11-15(24)10-21-18(13(3)5-2)20-22-19(23-28-20)14-6-7-16-17(9-14)27-12-26-16/h1,6-7,9,13,15,18,21,24H,5,8,10-12H2,2-3H3/t13-,15+,18+/m0/s1. The number of ether oxygens (including phenoxy) is 3. The van der Waals surface area contributed by atoms with Gasteiger partial charge in [-0.15, -0.1) is 6.42 Å². The normalized spacial score (nSPS) is 15.8. The molecule has 1 aromatic carbocycles. The zero-order valence-corrected chi connectivity index (χ0v) is 16.1. The van der Waals surface area contributed by atoms with Crippen molar-refractivity contribution in [3.8, 4) is 35.2 Å². The fraction of sp³-hybridized carbons (Fsp3) is 0.500. The van der Waals surface area contributed by atoms with Crippen LogP contribution in [0.25, 0.3) is 11.4 Å². The van der Waals surface area contributed by atoms with Crippen LogP contribution in [0, 0.1) is 18.3 Å². The number of benzene rings is 1. The lowest BCUT2D eigenvalue weighted by atomic mass is 9.99. The van der Waals surface area contributed by atoms with Gasteiger partial charge >= 0.3 is 0 Å². The van der Waals surface area contributed by atoms with Crippen LogP contribution in [0.5, 0.6) is 11.5 Å². The van der Waals surface area contributed by atoms with Crippen LogP contribution in [0.15, 0.2) is 22.7 Å². The maximum atomic E-state index is 10.1. The van der Waals surface area contributed by atoms with Crippen LogP contribution in [0.2, 0.25) is 0 Å². The van der Waals surface area contributed by atoms with E-state index in [1.807, 2.05) is 18.2 Å². The number of aliphatic hydroxyl groups excluding tert-OH is 1. The second-order valence-electron chi connectivity index (χ2n) is 6.67. The maximum Gasteiger partial charge on any atom is 0.244 e. The highest BCUT2D eigenvalue weighted by atomic mass is 16.7. The molecule has 2 heterocycles. The van der Waals surface area contributed by atoms with Gasteiger partial charge < -0.3 is 29.2 Å². The van der Waals surface area contributed by atoms with Gasteiger partial charge in [-0.05, 0) is 24.1 Å². The lowest BCUT2D eigenvalue weighted by molar-refractivity contribution is 0.0476. The number of fused-ring (bicyclic) bond motifs is 1. The topological polar surface area (TPSA) is 98.9 Å². The summed E-state index contributed by atoms with van der Waals surface area (Å²) in [7, 11) is 0. The molecule has 1 aliphatic heterocycles. The van der Waals surface area contributed by atoms with Crippen molar-refractivity contribution in [2.45, 2.75) is 32.4 Å². The summed E-state index contributed by atoms with van der Waals surface area (Å²) in [6.45, 7) is 5.04. The van der Waals surface area contributed by atoms with Crippen molar-refractivity contribution in [1.82, 2.24) is 15.5 Å². The van der Waals surface area contributed by atoms with E-state index in [4.69, 9.17) is 25.2 Å². The Morgan fingerprint density at radius 2 is 2.18 bits per heavy atom. The first-order chi connectivity index (χ1) is 13.6. The molecule has 0 amide bonds. The molecule has 0 fully saturated rings. The smallest absolute Gasteiger partial charge is 0.244 e. The van der Waals surface area contributed by atoms with Gasteiger partial charge in [0.15, 0.2) is 11.5 Å². The molecule has 0 spiro atoms. The highest BCUT2D eigenvalue weighted by Crippen LogP contribution is 2.35. The zero-order valence-electron chi connectivity index (χ0n) is 16.1. The molecule has 28 heavy (non-hydrogen) atoms. The summed E-state index contributed by atoms with van der Waals surface area (Å²) in [6, 6.07) is 5.32. The summed E-state index contributed by atoms with van der Waals surface area (Å²) in [4.78, 5) is 4.55. The lowest BCUT2D eigenvalue weighted by Crippen LogP contribution is -2.35. The monoisotopic (exact) mass is 387 g/mol. The van der Waals surface area contributed by atoms with Gasteiger partial charge in [0.2, 0.25) is 18.5 Å². The van der Waals surface area contributed by atoms with Crippen LogP contribution in [0.4, 0.5) is 0 Å². The molecule has 3 rings (SSSR count). The highest BCUT2D eigenvalue weighted by Gasteiger charge is 2.25.